The average Bonchev–Trinajstić information content (AvgIpc) is 3.67. The summed E-state index contributed by atoms with van der Waals surface area (Å²) in [6, 6.07) is 19.9. The predicted molar refractivity (Wildman–Crippen MR) is 152 cm³/mol. The number of fused-ring (bicyclic) bond motifs is 1. The molecule has 11 heteroatoms. The first-order chi connectivity index (χ1) is 19.9. The zero-order valence-corrected chi connectivity index (χ0v) is 23.3. The normalized spacial score (nSPS) is 15.4. The lowest BCUT2D eigenvalue weighted by atomic mass is 10.0. The SMILES string of the molecule is COC(=O)c1ccc([C@H](C(=O)NC[C@H]2CCCO2)N(Cc2ccccc2Cl)C(=O)Cn2nnc3ccccc32)cc1. The van der Waals surface area contributed by atoms with Gasteiger partial charge in [0.2, 0.25) is 11.8 Å². The number of amides is 2. The highest BCUT2D eigenvalue weighted by Crippen LogP contribution is 2.28. The lowest BCUT2D eigenvalue weighted by Crippen LogP contribution is -2.46. The molecule has 1 aliphatic heterocycles. The van der Waals surface area contributed by atoms with Gasteiger partial charge >= 0.3 is 5.97 Å². The van der Waals surface area contributed by atoms with E-state index in [1.54, 1.807) is 36.4 Å². The Kier molecular flexibility index (Phi) is 8.91. The molecule has 2 atom stereocenters. The lowest BCUT2D eigenvalue weighted by Gasteiger charge is -2.32. The second-order valence-corrected chi connectivity index (χ2v) is 10.2. The van der Waals surface area contributed by atoms with Crippen LogP contribution < -0.4 is 5.32 Å². The molecule has 1 N–H and O–H groups in total. The minimum Gasteiger partial charge on any atom is -0.465 e. The van der Waals surface area contributed by atoms with E-state index in [4.69, 9.17) is 21.1 Å². The summed E-state index contributed by atoms with van der Waals surface area (Å²) in [6.07, 6.45) is 1.69. The van der Waals surface area contributed by atoms with Gasteiger partial charge in [0.05, 0.1) is 24.3 Å². The van der Waals surface area contributed by atoms with Crippen molar-refractivity contribution in [1.29, 1.82) is 0 Å². The van der Waals surface area contributed by atoms with E-state index in [1.165, 1.54) is 16.7 Å². The van der Waals surface area contributed by atoms with E-state index in [-0.39, 0.29) is 31.0 Å². The topological polar surface area (TPSA) is 116 Å². The van der Waals surface area contributed by atoms with Gasteiger partial charge < -0.3 is 19.7 Å². The number of ether oxygens (including phenoxy) is 2. The number of para-hydroxylation sites is 1. The third-order valence-corrected chi connectivity index (χ3v) is 7.43. The quantitative estimate of drug-likeness (QED) is 0.285. The first-order valence-corrected chi connectivity index (χ1v) is 13.7. The summed E-state index contributed by atoms with van der Waals surface area (Å²) in [5, 5.41) is 11.8. The Morgan fingerprint density at radius 2 is 1.85 bits per heavy atom. The van der Waals surface area contributed by atoms with Crippen molar-refractivity contribution >= 4 is 40.4 Å². The smallest absolute Gasteiger partial charge is 0.337 e. The number of carbonyl (C=O) groups is 3. The molecule has 41 heavy (non-hydrogen) atoms. The minimum absolute atomic E-state index is 0.0574. The van der Waals surface area contributed by atoms with Crippen molar-refractivity contribution in [1.82, 2.24) is 25.2 Å². The van der Waals surface area contributed by atoms with Crippen molar-refractivity contribution in [3.8, 4) is 0 Å². The highest BCUT2D eigenvalue weighted by molar-refractivity contribution is 6.31. The van der Waals surface area contributed by atoms with Gasteiger partial charge in [0.15, 0.2) is 0 Å². The number of hydrogen-bond acceptors (Lipinski definition) is 7. The number of nitrogens with zero attached hydrogens (tertiary/aromatic N) is 4. The monoisotopic (exact) mass is 575 g/mol. The van der Waals surface area contributed by atoms with Crippen molar-refractivity contribution in [2.75, 3.05) is 20.3 Å². The van der Waals surface area contributed by atoms with Crippen molar-refractivity contribution in [3.05, 3.63) is 94.5 Å². The van der Waals surface area contributed by atoms with E-state index in [0.29, 0.717) is 45.9 Å². The maximum absolute atomic E-state index is 14.1. The standard InChI is InChI=1S/C30H30ClN5O5/c1-40-30(39)21-14-12-20(13-15-21)28(29(38)32-17-23-8-6-16-41-23)35(18-22-7-2-3-9-24(22)31)27(37)19-36-26-11-5-4-10-25(26)33-34-36/h2-5,7,9-15,23,28H,6,8,16-19H2,1H3,(H,32,38)/t23-,28-/m1/s1. The molecule has 1 aromatic heterocycles. The number of rotatable bonds is 10. The van der Waals surface area contributed by atoms with E-state index in [1.807, 2.05) is 36.4 Å². The molecule has 3 aromatic carbocycles. The number of benzene rings is 3. The lowest BCUT2D eigenvalue weighted by molar-refractivity contribution is -0.142. The van der Waals surface area contributed by atoms with Crippen LogP contribution in [-0.4, -0.2) is 64.0 Å². The fraction of sp³-hybridized carbons (Fsp3) is 0.300. The Morgan fingerprint density at radius 3 is 2.59 bits per heavy atom. The summed E-state index contributed by atoms with van der Waals surface area (Å²) in [4.78, 5) is 41.5. The van der Waals surface area contributed by atoms with Crippen LogP contribution in [0.15, 0.2) is 72.8 Å². The van der Waals surface area contributed by atoms with Gasteiger partial charge in [-0.2, -0.15) is 0 Å². The van der Waals surface area contributed by atoms with E-state index < -0.39 is 12.0 Å². The van der Waals surface area contributed by atoms with E-state index in [9.17, 15) is 14.4 Å². The molecular formula is C30H30ClN5O5. The Balaban J connectivity index is 1.52. The molecule has 1 saturated heterocycles. The number of esters is 1. The highest BCUT2D eigenvalue weighted by atomic mass is 35.5. The highest BCUT2D eigenvalue weighted by Gasteiger charge is 2.33. The van der Waals surface area contributed by atoms with Gasteiger partial charge in [0.1, 0.15) is 18.1 Å². The maximum Gasteiger partial charge on any atom is 0.337 e. The fourth-order valence-electron chi connectivity index (χ4n) is 4.90. The Labute approximate surface area is 242 Å². The molecule has 0 bridgehead atoms. The van der Waals surface area contributed by atoms with Gasteiger partial charge in [-0.3, -0.25) is 9.59 Å². The molecule has 2 heterocycles. The fourth-order valence-corrected chi connectivity index (χ4v) is 5.09. The molecule has 10 nitrogen and oxygen atoms in total. The average molecular weight is 576 g/mol. The molecule has 1 aliphatic rings. The molecule has 0 saturated carbocycles. The van der Waals surface area contributed by atoms with Crippen LogP contribution in [0.25, 0.3) is 11.0 Å². The van der Waals surface area contributed by atoms with Gasteiger partial charge in [-0.15, -0.1) is 5.10 Å². The van der Waals surface area contributed by atoms with Crippen LogP contribution in [0.3, 0.4) is 0 Å². The summed E-state index contributed by atoms with van der Waals surface area (Å²) < 4.78 is 12.0. The number of nitrogens with one attached hydrogen (secondary N) is 1. The maximum atomic E-state index is 14.1. The Bertz CT molecular complexity index is 1530. The molecule has 5 rings (SSSR count). The number of methoxy groups -OCH3 is 1. The van der Waals surface area contributed by atoms with Crippen LogP contribution in [0.2, 0.25) is 5.02 Å². The molecule has 4 aromatic rings. The van der Waals surface area contributed by atoms with Crippen LogP contribution in [0.1, 0.15) is 40.4 Å². The van der Waals surface area contributed by atoms with Gasteiger partial charge in [0.25, 0.3) is 0 Å². The van der Waals surface area contributed by atoms with Gasteiger partial charge in [-0.05, 0) is 54.3 Å². The molecular weight excluding hydrogens is 546 g/mol. The molecule has 0 spiro atoms. The zero-order chi connectivity index (χ0) is 28.8. The van der Waals surface area contributed by atoms with Crippen LogP contribution in [0.5, 0.6) is 0 Å². The van der Waals surface area contributed by atoms with Crippen molar-refractivity contribution in [3.63, 3.8) is 0 Å². The Hall–Kier alpha value is -4.28. The van der Waals surface area contributed by atoms with Crippen molar-refractivity contribution in [2.24, 2.45) is 0 Å². The molecule has 1 fully saturated rings. The van der Waals surface area contributed by atoms with E-state index >= 15 is 0 Å². The van der Waals surface area contributed by atoms with Gasteiger partial charge in [0, 0.05) is 24.7 Å². The van der Waals surface area contributed by atoms with E-state index in [2.05, 4.69) is 15.6 Å². The molecule has 212 valence electrons. The number of hydrogen-bond donors (Lipinski definition) is 1. The number of halogens is 1. The second kappa shape index (κ2) is 12.9. The van der Waals surface area contributed by atoms with Gasteiger partial charge in [-0.1, -0.05) is 59.3 Å². The Morgan fingerprint density at radius 1 is 1.10 bits per heavy atom. The summed E-state index contributed by atoms with van der Waals surface area (Å²) in [5.41, 5.74) is 2.87. The first kappa shape index (κ1) is 28.3. The minimum atomic E-state index is -1.04. The van der Waals surface area contributed by atoms with Crippen molar-refractivity contribution in [2.45, 2.75) is 38.1 Å². The number of carbonyl (C=O) groups excluding carboxylic acids is 3. The van der Waals surface area contributed by atoms with Crippen LogP contribution in [0.4, 0.5) is 0 Å². The van der Waals surface area contributed by atoms with Crippen molar-refractivity contribution < 1.29 is 23.9 Å². The van der Waals surface area contributed by atoms with Gasteiger partial charge in [-0.25, -0.2) is 9.48 Å². The zero-order valence-electron chi connectivity index (χ0n) is 22.5. The first-order valence-electron chi connectivity index (χ1n) is 13.3. The third kappa shape index (κ3) is 6.55. The summed E-state index contributed by atoms with van der Waals surface area (Å²) in [6.45, 7) is 0.877. The number of aromatic nitrogens is 3. The molecule has 0 aliphatic carbocycles. The van der Waals surface area contributed by atoms with Crippen LogP contribution >= 0.6 is 11.6 Å². The third-order valence-electron chi connectivity index (χ3n) is 7.06. The molecule has 2 amide bonds. The van der Waals surface area contributed by atoms with E-state index in [0.717, 1.165) is 12.8 Å². The second-order valence-electron chi connectivity index (χ2n) is 9.75. The van der Waals surface area contributed by atoms with Crippen LogP contribution in [-0.2, 0) is 32.2 Å². The predicted octanol–water partition coefficient (Wildman–Crippen LogP) is 3.94. The molecule has 0 unspecified atom stereocenters. The molecule has 0 radical (unpaired) electrons. The summed E-state index contributed by atoms with van der Waals surface area (Å²) in [5.74, 6) is -1.25. The summed E-state index contributed by atoms with van der Waals surface area (Å²) in [7, 11) is 1.30. The summed E-state index contributed by atoms with van der Waals surface area (Å²) >= 11 is 6.51. The largest absolute Gasteiger partial charge is 0.465 e. The van der Waals surface area contributed by atoms with Crippen LogP contribution in [0, 0.1) is 0 Å².